The molecule has 0 fully saturated rings. The summed E-state index contributed by atoms with van der Waals surface area (Å²) in [4.78, 5) is 17.4. The molecule has 0 bridgehead atoms. The van der Waals surface area contributed by atoms with Crippen molar-refractivity contribution in [1.82, 2.24) is 14.3 Å². The first-order valence-corrected chi connectivity index (χ1v) is 6.14. The molecule has 0 atom stereocenters. The van der Waals surface area contributed by atoms with E-state index in [1.165, 1.54) is 7.11 Å². The molecule has 0 saturated carbocycles. The summed E-state index contributed by atoms with van der Waals surface area (Å²) < 4.78 is 8.90. The van der Waals surface area contributed by atoms with Gasteiger partial charge in [0.2, 0.25) is 5.16 Å². The van der Waals surface area contributed by atoms with E-state index in [9.17, 15) is 4.79 Å². The normalized spacial score (nSPS) is 10.1. The molecule has 1 aromatic rings. The number of hydrogen-bond donors (Lipinski definition) is 0. The van der Waals surface area contributed by atoms with Gasteiger partial charge in [-0.15, -0.1) is 0 Å². The SMILES string of the molecule is CCN(CC)C(=O)Sc1nsc(OC)n1. The van der Waals surface area contributed by atoms with Crippen LogP contribution in [0.4, 0.5) is 4.79 Å². The molecule has 15 heavy (non-hydrogen) atoms. The van der Waals surface area contributed by atoms with Gasteiger partial charge in [0.15, 0.2) is 0 Å². The van der Waals surface area contributed by atoms with Gasteiger partial charge < -0.3 is 9.64 Å². The summed E-state index contributed by atoms with van der Waals surface area (Å²) in [5.41, 5.74) is 0. The van der Waals surface area contributed by atoms with Crippen LogP contribution >= 0.6 is 23.3 Å². The van der Waals surface area contributed by atoms with Crippen LogP contribution in [0.2, 0.25) is 0 Å². The second-order valence-corrected chi connectivity index (χ2v) is 4.22. The zero-order valence-corrected chi connectivity index (χ0v) is 10.5. The Morgan fingerprint density at radius 3 is 2.67 bits per heavy atom. The van der Waals surface area contributed by atoms with Gasteiger partial charge in [0, 0.05) is 36.4 Å². The first kappa shape index (κ1) is 12.3. The Morgan fingerprint density at radius 1 is 1.53 bits per heavy atom. The molecule has 0 saturated heterocycles. The van der Waals surface area contributed by atoms with Crippen molar-refractivity contribution < 1.29 is 9.53 Å². The largest absolute Gasteiger partial charge is 0.472 e. The van der Waals surface area contributed by atoms with E-state index in [0.29, 0.717) is 23.4 Å². The molecule has 0 aromatic carbocycles. The van der Waals surface area contributed by atoms with E-state index in [4.69, 9.17) is 4.74 Å². The highest BCUT2D eigenvalue weighted by Gasteiger charge is 2.15. The van der Waals surface area contributed by atoms with E-state index in [0.717, 1.165) is 23.3 Å². The van der Waals surface area contributed by atoms with Crippen LogP contribution in [0.1, 0.15) is 13.8 Å². The van der Waals surface area contributed by atoms with E-state index in [-0.39, 0.29) is 5.24 Å². The van der Waals surface area contributed by atoms with Crippen molar-refractivity contribution in [3.63, 3.8) is 0 Å². The molecular formula is C8H13N3O2S2. The Hall–Kier alpha value is -0.820. The maximum absolute atomic E-state index is 11.6. The highest BCUT2D eigenvalue weighted by Crippen LogP contribution is 2.23. The van der Waals surface area contributed by atoms with Crippen molar-refractivity contribution >= 4 is 28.5 Å². The Labute approximate surface area is 97.0 Å². The van der Waals surface area contributed by atoms with Gasteiger partial charge in [-0.05, 0) is 13.8 Å². The third-order valence-corrected chi connectivity index (χ3v) is 3.36. The van der Waals surface area contributed by atoms with E-state index < -0.39 is 0 Å². The quantitative estimate of drug-likeness (QED) is 0.763. The standard InChI is InChI=1S/C8H13N3O2S2/c1-4-11(5-2)8(12)14-6-9-7(13-3)15-10-6/h4-5H2,1-3H3. The number of hydrogen-bond acceptors (Lipinski definition) is 6. The van der Waals surface area contributed by atoms with Crippen LogP contribution in [0.25, 0.3) is 0 Å². The maximum atomic E-state index is 11.6. The molecule has 0 unspecified atom stereocenters. The van der Waals surface area contributed by atoms with Gasteiger partial charge in [0.1, 0.15) is 0 Å². The summed E-state index contributed by atoms with van der Waals surface area (Å²) in [5, 5.41) is 0.902. The third-order valence-electron chi connectivity index (χ3n) is 1.76. The summed E-state index contributed by atoms with van der Waals surface area (Å²) in [7, 11) is 1.53. The molecule has 0 spiro atoms. The Balaban J connectivity index is 2.57. The minimum atomic E-state index is -0.0274. The number of rotatable bonds is 4. The number of amides is 1. The number of ether oxygens (including phenoxy) is 1. The minimum Gasteiger partial charge on any atom is -0.472 e. The molecule has 0 aliphatic heterocycles. The Bertz CT molecular complexity index is 325. The molecular weight excluding hydrogens is 234 g/mol. The highest BCUT2D eigenvalue weighted by atomic mass is 32.2. The molecule has 7 heteroatoms. The van der Waals surface area contributed by atoms with Crippen molar-refractivity contribution in [2.24, 2.45) is 0 Å². The van der Waals surface area contributed by atoms with Gasteiger partial charge in [-0.3, -0.25) is 4.79 Å². The molecule has 1 rings (SSSR count). The predicted octanol–water partition coefficient (Wildman–Crippen LogP) is 2.10. The fraction of sp³-hybridized carbons (Fsp3) is 0.625. The lowest BCUT2D eigenvalue weighted by atomic mass is 10.6. The van der Waals surface area contributed by atoms with Crippen molar-refractivity contribution in [2.75, 3.05) is 20.2 Å². The fourth-order valence-corrected chi connectivity index (χ4v) is 2.34. The molecule has 1 aromatic heterocycles. The number of carbonyl (C=O) groups excluding carboxylic acids is 1. The maximum Gasteiger partial charge on any atom is 0.293 e. The van der Waals surface area contributed by atoms with Gasteiger partial charge in [0.05, 0.1) is 7.11 Å². The predicted molar refractivity (Wildman–Crippen MR) is 60.6 cm³/mol. The lowest BCUT2D eigenvalue weighted by Gasteiger charge is -2.16. The molecule has 84 valence electrons. The number of methoxy groups -OCH3 is 1. The van der Waals surface area contributed by atoms with Crippen LogP contribution in [0.15, 0.2) is 5.16 Å². The van der Waals surface area contributed by atoms with E-state index in [1.807, 2.05) is 13.8 Å². The van der Waals surface area contributed by atoms with Crippen LogP contribution in [-0.2, 0) is 0 Å². The van der Waals surface area contributed by atoms with Crippen LogP contribution < -0.4 is 4.74 Å². The fourth-order valence-electron chi connectivity index (χ4n) is 0.946. The van der Waals surface area contributed by atoms with E-state index >= 15 is 0 Å². The summed E-state index contributed by atoms with van der Waals surface area (Å²) in [6, 6.07) is 0. The van der Waals surface area contributed by atoms with Crippen molar-refractivity contribution in [3.8, 4) is 5.19 Å². The first-order chi connectivity index (χ1) is 7.21. The van der Waals surface area contributed by atoms with Crippen LogP contribution in [0.3, 0.4) is 0 Å². The number of thioether (sulfide) groups is 1. The van der Waals surface area contributed by atoms with Crippen LogP contribution in [-0.4, -0.2) is 39.7 Å². The smallest absolute Gasteiger partial charge is 0.293 e. The van der Waals surface area contributed by atoms with Crippen LogP contribution in [0.5, 0.6) is 5.19 Å². The molecule has 0 radical (unpaired) electrons. The highest BCUT2D eigenvalue weighted by molar-refractivity contribution is 8.13. The second kappa shape index (κ2) is 5.92. The number of carbonyl (C=O) groups is 1. The summed E-state index contributed by atoms with van der Waals surface area (Å²) >= 11 is 2.18. The Morgan fingerprint density at radius 2 is 2.20 bits per heavy atom. The van der Waals surface area contributed by atoms with Gasteiger partial charge >= 0.3 is 0 Å². The molecule has 0 aliphatic carbocycles. The van der Waals surface area contributed by atoms with Gasteiger partial charge in [0.25, 0.3) is 10.4 Å². The zero-order valence-electron chi connectivity index (χ0n) is 8.89. The second-order valence-electron chi connectivity index (χ2n) is 2.59. The molecule has 1 amide bonds. The first-order valence-electron chi connectivity index (χ1n) is 4.55. The van der Waals surface area contributed by atoms with Crippen molar-refractivity contribution in [3.05, 3.63) is 0 Å². The van der Waals surface area contributed by atoms with Gasteiger partial charge in [-0.25, -0.2) is 0 Å². The van der Waals surface area contributed by atoms with Crippen LogP contribution in [0, 0.1) is 0 Å². The molecule has 0 aliphatic rings. The summed E-state index contributed by atoms with van der Waals surface area (Å²) in [5.74, 6) is 0. The number of aromatic nitrogens is 2. The molecule has 5 nitrogen and oxygen atoms in total. The Kier molecular flexibility index (Phi) is 4.83. The lowest BCUT2D eigenvalue weighted by Crippen LogP contribution is -2.26. The topological polar surface area (TPSA) is 55.3 Å². The van der Waals surface area contributed by atoms with Gasteiger partial charge in [-0.2, -0.15) is 9.36 Å². The minimum absolute atomic E-state index is 0.0274. The van der Waals surface area contributed by atoms with Crippen molar-refractivity contribution in [1.29, 1.82) is 0 Å². The van der Waals surface area contributed by atoms with E-state index in [2.05, 4.69) is 9.36 Å². The lowest BCUT2D eigenvalue weighted by molar-refractivity contribution is 0.228. The average Bonchev–Trinajstić information content (AvgIpc) is 2.67. The molecule has 0 N–H and O–H groups in total. The van der Waals surface area contributed by atoms with E-state index in [1.54, 1.807) is 4.90 Å². The van der Waals surface area contributed by atoms with Crippen molar-refractivity contribution in [2.45, 2.75) is 19.0 Å². The monoisotopic (exact) mass is 247 g/mol. The van der Waals surface area contributed by atoms with Gasteiger partial charge in [-0.1, -0.05) is 0 Å². The zero-order chi connectivity index (χ0) is 11.3. The number of nitrogens with zero attached hydrogens (tertiary/aromatic N) is 3. The summed E-state index contributed by atoms with van der Waals surface area (Å²) in [6.45, 7) is 5.28. The third kappa shape index (κ3) is 3.35. The average molecular weight is 247 g/mol. The summed E-state index contributed by atoms with van der Waals surface area (Å²) in [6.07, 6.45) is 0. The molecule has 1 heterocycles.